The smallest absolute Gasteiger partial charge is 0.264 e. The molecule has 0 rings (SSSR count). The second-order valence-electron chi connectivity index (χ2n) is 2.57. The summed E-state index contributed by atoms with van der Waals surface area (Å²) in [6, 6.07) is 2.74. The monoisotopic (exact) mass is 191 g/mol. The largest absolute Gasteiger partial charge is 0.339 e. The SMILES string of the molecule is CN(C)C#CCCCS(=O)(=O)O. The third-order valence-corrected chi connectivity index (χ3v) is 1.81. The van der Waals surface area contributed by atoms with Gasteiger partial charge in [-0.1, -0.05) is 5.92 Å². The van der Waals surface area contributed by atoms with Gasteiger partial charge in [-0.15, -0.1) is 0 Å². The van der Waals surface area contributed by atoms with Crippen LogP contribution in [0.2, 0.25) is 0 Å². The van der Waals surface area contributed by atoms with Crippen molar-refractivity contribution in [1.29, 1.82) is 0 Å². The number of nitrogens with zero attached hydrogens (tertiary/aromatic N) is 1. The molecule has 0 saturated heterocycles. The molecule has 4 nitrogen and oxygen atoms in total. The average molecular weight is 191 g/mol. The molecule has 0 heterocycles. The predicted octanol–water partition coefficient (Wildman–Crippen LogP) is 0.177. The summed E-state index contributed by atoms with van der Waals surface area (Å²) in [5.74, 6) is 2.54. The molecule has 0 aliphatic rings. The van der Waals surface area contributed by atoms with Gasteiger partial charge in [-0.25, -0.2) is 0 Å². The van der Waals surface area contributed by atoms with Gasteiger partial charge in [-0.05, 0) is 6.42 Å². The first-order valence-corrected chi connectivity index (χ1v) is 5.14. The fourth-order valence-electron chi connectivity index (χ4n) is 0.557. The standard InChI is InChI=1S/C7H13NO3S/c1-8(2)6-4-3-5-7-12(9,10)11/h3,5,7H2,1-2H3,(H,9,10,11). The van der Waals surface area contributed by atoms with E-state index in [2.05, 4.69) is 12.0 Å². The van der Waals surface area contributed by atoms with Crippen molar-refractivity contribution >= 4 is 10.1 Å². The van der Waals surface area contributed by atoms with Crippen LogP contribution in [0, 0.1) is 12.0 Å². The van der Waals surface area contributed by atoms with Crippen LogP contribution in [0.4, 0.5) is 0 Å². The van der Waals surface area contributed by atoms with Crippen LogP contribution < -0.4 is 0 Å². The van der Waals surface area contributed by atoms with Gasteiger partial charge in [-0.3, -0.25) is 4.55 Å². The van der Waals surface area contributed by atoms with Gasteiger partial charge < -0.3 is 4.90 Å². The van der Waals surface area contributed by atoms with Gasteiger partial charge in [0.1, 0.15) is 0 Å². The lowest BCUT2D eigenvalue weighted by molar-refractivity contribution is 0.481. The molecule has 0 spiro atoms. The van der Waals surface area contributed by atoms with Crippen molar-refractivity contribution in [3.8, 4) is 12.0 Å². The molecule has 0 fully saturated rings. The number of hydrogen-bond donors (Lipinski definition) is 1. The quantitative estimate of drug-likeness (QED) is 0.299. The Morgan fingerprint density at radius 3 is 2.42 bits per heavy atom. The lowest BCUT2D eigenvalue weighted by atomic mass is 10.3. The maximum atomic E-state index is 10.2. The van der Waals surface area contributed by atoms with Gasteiger partial charge in [0.05, 0.1) is 5.75 Å². The van der Waals surface area contributed by atoms with E-state index in [-0.39, 0.29) is 5.75 Å². The molecule has 0 saturated carbocycles. The van der Waals surface area contributed by atoms with Crippen LogP contribution in [0.25, 0.3) is 0 Å². The van der Waals surface area contributed by atoms with E-state index in [0.717, 1.165) is 0 Å². The minimum atomic E-state index is -3.81. The van der Waals surface area contributed by atoms with Crippen LogP contribution in [-0.4, -0.2) is 37.7 Å². The van der Waals surface area contributed by atoms with Crippen molar-refractivity contribution in [2.75, 3.05) is 19.8 Å². The second-order valence-corrected chi connectivity index (χ2v) is 4.14. The zero-order valence-electron chi connectivity index (χ0n) is 7.24. The van der Waals surface area contributed by atoms with Crippen molar-refractivity contribution in [1.82, 2.24) is 4.90 Å². The highest BCUT2D eigenvalue weighted by Gasteiger charge is 2.01. The molecule has 1 N–H and O–H groups in total. The van der Waals surface area contributed by atoms with Gasteiger partial charge >= 0.3 is 0 Å². The van der Waals surface area contributed by atoms with Crippen molar-refractivity contribution in [3.63, 3.8) is 0 Å². The second kappa shape index (κ2) is 5.01. The molecule has 0 aromatic heterocycles. The zero-order valence-corrected chi connectivity index (χ0v) is 8.06. The molecule has 0 aliphatic carbocycles. The molecular weight excluding hydrogens is 178 g/mol. The Morgan fingerprint density at radius 1 is 1.42 bits per heavy atom. The first-order chi connectivity index (χ1) is 5.42. The van der Waals surface area contributed by atoms with Crippen LogP contribution in [0.3, 0.4) is 0 Å². The van der Waals surface area contributed by atoms with Gasteiger partial charge in [0, 0.05) is 26.6 Å². The molecule has 0 aliphatic heterocycles. The fourth-order valence-corrected chi connectivity index (χ4v) is 1.07. The molecular formula is C7H13NO3S. The highest BCUT2D eigenvalue weighted by molar-refractivity contribution is 7.85. The topological polar surface area (TPSA) is 57.6 Å². The average Bonchev–Trinajstić information content (AvgIpc) is 1.83. The van der Waals surface area contributed by atoms with Crippen LogP contribution >= 0.6 is 0 Å². The molecule has 0 amide bonds. The first-order valence-electron chi connectivity index (χ1n) is 3.53. The summed E-state index contributed by atoms with van der Waals surface area (Å²) in [5, 5.41) is 0. The highest BCUT2D eigenvalue weighted by atomic mass is 32.2. The Bertz CT molecular complexity index is 271. The third kappa shape index (κ3) is 9.27. The van der Waals surface area contributed by atoms with Crippen LogP contribution in [0.5, 0.6) is 0 Å². The van der Waals surface area contributed by atoms with Crippen molar-refractivity contribution < 1.29 is 13.0 Å². The maximum absolute atomic E-state index is 10.2. The molecule has 0 aromatic rings. The van der Waals surface area contributed by atoms with Gasteiger partial charge in [-0.2, -0.15) is 8.42 Å². The normalized spacial score (nSPS) is 10.2. The number of unbranched alkanes of at least 4 members (excludes halogenated alkanes) is 1. The van der Waals surface area contributed by atoms with Gasteiger partial charge in [0.15, 0.2) is 0 Å². The Hall–Kier alpha value is -0.730. The summed E-state index contributed by atoms with van der Waals surface area (Å²) in [7, 11) is -0.203. The van der Waals surface area contributed by atoms with Crippen molar-refractivity contribution in [2.24, 2.45) is 0 Å². The summed E-state index contributed by atoms with van der Waals surface area (Å²) in [6.07, 6.45) is 0.859. The lowest BCUT2D eigenvalue weighted by Gasteiger charge is -1.97. The maximum Gasteiger partial charge on any atom is 0.264 e. The molecule has 5 heteroatoms. The summed E-state index contributed by atoms with van der Waals surface area (Å²) < 4.78 is 28.8. The van der Waals surface area contributed by atoms with E-state index < -0.39 is 10.1 Å². The van der Waals surface area contributed by atoms with E-state index in [4.69, 9.17) is 4.55 Å². The number of rotatable bonds is 3. The molecule has 12 heavy (non-hydrogen) atoms. The Morgan fingerprint density at radius 2 is 2.00 bits per heavy atom. The molecule has 0 bridgehead atoms. The molecule has 0 radical (unpaired) electrons. The Balaban J connectivity index is 3.55. The van der Waals surface area contributed by atoms with Crippen molar-refractivity contribution in [2.45, 2.75) is 12.8 Å². The van der Waals surface area contributed by atoms with Crippen LogP contribution in [-0.2, 0) is 10.1 Å². The van der Waals surface area contributed by atoms with E-state index in [9.17, 15) is 8.42 Å². The first kappa shape index (κ1) is 11.3. The molecule has 0 atom stereocenters. The van der Waals surface area contributed by atoms with Gasteiger partial charge in [0.25, 0.3) is 10.1 Å². The van der Waals surface area contributed by atoms with E-state index in [1.165, 1.54) is 0 Å². The van der Waals surface area contributed by atoms with E-state index in [1.807, 2.05) is 0 Å². The fraction of sp³-hybridized carbons (Fsp3) is 0.714. The summed E-state index contributed by atoms with van der Waals surface area (Å²) in [4.78, 5) is 1.69. The molecule has 0 aromatic carbocycles. The summed E-state index contributed by atoms with van der Waals surface area (Å²) in [6.45, 7) is 0. The number of hydrogen-bond acceptors (Lipinski definition) is 3. The minimum absolute atomic E-state index is 0.213. The van der Waals surface area contributed by atoms with E-state index in [0.29, 0.717) is 12.8 Å². The van der Waals surface area contributed by atoms with Crippen LogP contribution in [0.15, 0.2) is 0 Å². The zero-order chi connectivity index (χ0) is 9.61. The minimum Gasteiger partial charge on any atom is -0.339 e. The van der Waals surface area contributed by atoms with Crippen LogP contribution in [0.1, 0.15) is 12.8 Å². The Kier molecular flexibility index (Phi) is 4.71. The third-order valence-electron chi connectivity index (χ3n) is 1.01. The van der Waals surface area contributed by atoms with E-state index in [1.54, 1.807) is 19.0 Å². The lowest BCUT2D eigenvalue weighted by Crippen LogP contribution is -2.03. The van der Waals surface area contributed by atoms with Gasteiger partial charge in [0.2, 0.25) is 0 Å². The van der Waals surface area contributed by atoms with E-state index >= 15 is 0 Å². The molecule has 0 unspecified atom stereocenters. The van der Waals surface area contributed by atoms with Crippen molar-refractivity contribution in [3.05, 3.63) is 0 Å². The predicted molar refractivity (Wildman–Crippen MR) is 47.1 cm³/mol. The summed E-state index contributed by atoms with van der Waals surface area (Å²) in [5.41, 5.74) is 0. The summed E-state index contributed by atoms with van der Waals surface area (Å²) >= 11 is 0. The highest BCUT2D eigenvalue weighted by Crippen LogP contribution is 1.91. The Labute approximate surface area is 73.3 Å². The molecule has 70 valence electrons.